The van der Waals surface area contributed by atoms with E-state index in [-0.39, 0.29) is 23.8 Å². The number of aliphatic carboxylic acids is 1. The summed E-state index contributed by atoms with van der Waals surface area (Å²) in [5.41, 5.74) is 4.21. The minimum absolute atomic E-state index is 0.0599. The molecule has 2 N–H and O–H groups in total. The smallest absolute Gasteiger partial charge is 0.407 e. The van der Waals surface area contributed by atoms with E-state index in [1.807, 2.05) is 48.5 Å². The van der Waals surface area contributed by atoms with E-state index in [1.54, 1.807) is 0 Å². The van der Waals surface area contributed by atoms with Crippen molar-refractivity contribution < 1.29 is 37.4 Å². The second-order valence-corrected chi connectivity index (χ2v) is 8.82. The van der Waals surface area contributed by atoms with E-state index < -0.39 is 49.2 Å². The van der Waals surface area contributed by atoms with Gasteiger partial charge in [-0.2, -0.15) is 13.2 Å². The zero-order valence-corrected chi connectivity index (χ0v) is 18.8. The Bertz CT molecular complexity index is 1070. The van der Waals surface area contributed by atoms with Gasteiger partial charge in [-0.3, -0.25) is 9.59 Å². The van der Waals surface area contributed by atoms with Gasteiger partial charge in [0.1, 0.15) is 19.7 Å². The second kappa shape index (κ2) is 9.97. The quantitative estimate of drug-likeness (QED) is 0.608. The van der Waals surface area contributed by atoms with Crippen molar-refractivity contribution in [1.29, 1.82) is 0 Å². The monoisotopic (exact) mass is 490 g/mol. The first kappa shape index (κ1) is 24.6. The molecule has 2 atom stereocenters. The standard InChI is InChI=1S/C25H25F3N2O5/c26-25(27,28)14-30(12-22(31)32)23(33)19-10-5-11-21(19)29-24(34)35-13-20-17-8-3-1-6-15(17)16-7-2-4-9-18(16)20/h1-4,6-9,19-21H,5,10-14H2,(H,29,34)(H,31,32). The Labute approximate surface area is 199 Å². The van der Waals surface area contributed by atoms with Crippen molar-refractivity contribution in [2.45, 2.75) is 37.4 Å². The second-order valence-electron chi connectivity index (χ2n) is 8.82. The minimum Gasteiger partial charge on any atom is -0.480 e. The molecule has 0 heterocycles. The number of halogens is 3. The van der Waals surface area contributed by atoms with Crippen LogP contribution in [0.4, 0.5) is 18.0 Å². The first-order chi connectivity index (χ1) is 16.6. The highest BCUT2D eigenvalue weighted by molar-refractivity contribution is 5.84. The number of benzene rings is 2. The summed E-state index contributed by atoms with van der Waals surface area (Å²) in [7, 11) is 0. The summed E-state index contributed by atoms with van der Waals surface area (Å²) in [4.78, 5) is 36.6. The van der Waals surface area contributed by atoms with Gasteiger partial charge in [-0.15, -0.1) is 0 Å². The number of alkyl carbamates (subject to hydrolysis) is 1. The molecule has 10 heteroatoms. The van der Waals surface area contributed by atoms with Crippen molar-refractivity contribution in [2.24, 2.45) is 5.92 Å². The third-order valence-electron chi connectivity index (χ3n) is 6.49. The predicted molar refractivity (Wildman–Crippen MR) is 120 cm³/mol. The molecule has 0 bridgehead atoms. The Morgan fingerprint density at radius 3 is 2.17 bits per heavy atom. The third kappa shape index (κ3) is 5.58. The number of nitrogens with zero attached hydrogens (tertiary/aromatic N) is 1. The Morgan fingerprint density at radius 1 is 1.00 bits per heavy atom. The fourth-order valence-electron chi connectivity index (χ4n) is 5.05. The van der Waals surface area contributed by atoms with E-state index in [4.69, 9.17) is 9.84 Å². The van der Waals surface area contributed by atoms with Crippen LogP contribution < -0.4 is 5.32 Å². The highest BCUT2D eigenvalue weighted by Gasteiger charge is 2.41. The number of carboxylic acids is 1. The van der Waals surface area contributed by atoms with Crippen molar-refractivity contribution in [3.05, 3.63) is 59.7 Å². The summed E-state index contributed by atoms with van der Waals surface area (Å²) in [6.45, 7) is -2.66. The Balaban J connectivity index is 1.40. The number of alkyl halides is 3. The van der Waals surface area contributed by atoms with E-state index in [1.165, 1.54) is 0 Å². The summed E-state index contributed by atoms with van der Waals surface area (Å²) >= 11 is 0. The van der Waals surface area contributed by atoms with E-state index in [0.29, 0.717) is 12.8 Å². The average molecular weight is 490 g/mol. The first-order valence-electron chi connectivity index (χ1n) is 11.3. The molecule has 0 saturated heterocycles. The Kier molecular flexibility index (Phi) is 7.00. The van der Waals surface area contributed by atoms with Crippen LogP contribution in [0.15, 0.2) is 48.5 Å². The molecule has 7 nitrogen and oxygen atoms in total. The van der Waals surface area contributed by atoms with Crippen LogP contribution in [0.1, 0.15) is 36.3 Å². The van der Waals surface area contributed by atoms with Crippen LogP contribution in [0, 0.1) is 5.92 Å². The van der Waals surface area contributed by atoms with Gasteiger partial charge in [0.15, 0.2) is 0 Å². The van der Waals surface area contributed by atoms with Gasteiger partial charge in [0.25, 0.3) is 0 Å². The molecule has 2 aliphatic rings. The number of amides is 2. The van der Waals surface area contributed by atoms with Crippen molar-refractivity contribution in [3.8, 4) is 11.1 Å². The van der Waals surface area contributed by atoms with Gasteiger partial charge in [-0.25, -0.2) is 4.79 Å². The SMILES string of the molecule is O=C(O)CN(CC(F)(F)F)C(=O)C1CCCC1NC(=O)OCC1c2ccccc2-c2ccccc21. The highest BCUT2D eigenvalue weighted by atomic mass is 19.4. The van der Waals surface area contributed by atoms with Gasteiger partial charge in [0.05, 0.1) is 5.92 Å². The summed E-state index contributed by atoms with van der Waals surface area (Å²) < 4.78 is 44.2. The maximum absolute atomic E-state index is 12.9. The van der Waals surface area contributed by atoms with Crippen LogP contribution in [0.5, 0.6) is 0 Å². The molecule has 2 aliphatic carbocycles. The van der Waals surface area contributed by atoms with Gasteiger partial charge in [0, 0.05) is 12.0 Å². The van der Waals surface area contributed by atoms with Crippen LogP contribution in [-0.2, 0) is 14.3 Å². The topological polar surface area (TPSA) is 95.9 Å². The number of fused-ring (bicyclic) bond motifs is 3. The molecule has 0 radical (unpaired) electrons. The largest absolute Gasteiger partial charge is 0.480 e. The highest BCUT2D eigenvalue weighted by Crippen LogP contribution is 2.44. The molecule has 4 rings (SSSR count). The number of rotatable bonds is 7. The molecule has 2 amide bonds. The van der Waals surface area contributed by atoms with Gasteiger partial charge in [0.2, 0.25) is 5.91 Å². The molecule has 1 fully saturated rings. The zero-order chi connectivity index (χ0) is 25.2. The van der Waals surface area contributed by atoms with E-state index in [2.05, 4.69) is 5.32 Å². The maximum atomic E-state index is 12.9. The van der Waals surface area contributed by atoms with Gasteiger partial charge in [-0.05, 0) is 35.1 Å². The van der Waals surface area contributed by atoms with Crippen molar-refractivity contribution in [1.82, 2.24) is 10.2 Å². The predicted octanol–water partition coefficient (Wildman–Crippen LogP) is 4.17. The van der Waals surface area contributed by atoms with Gasteiger partial charge in [-0.1, -0.05) is 55.0 Å². The lowest BCUT2D eigenvalue weighted by atomic mass is 9.98. The minimum atomic E-state index is -4.74. The molecule has 0 aromatic heterocycles. The number of carboxylic acid groups (broad SMARTS) is 1. The number of carbonyl (C=O) groups is 3. The Morgan fingerprint density at radius 2 is 1.60 bits per heavy atom. The summed E-state index contributed by atoms with van der Waals surface area (Å²) in [5, 5.41) is 11.6. The third-order valence-corrected chi connectivity index (χ3v) is 6.49. The fourth-order valence-corrected chi connectivity index (χ4v) is 5.05. The number of carbonyl (C=O) groups excluding carboxylic acids is 2. The lowest BCUT2D eigenvalue weighted by molar-refractivity contribution is -0.168. The van der Waals surface area contributed by atoms with Gasteiger partial charge < -0.3 is 20.1 Å². The zero-order valence-electron chi connectivity index (χ0n) is 18.8. The van der Waals surface area contributed by atoms with Crippen molar-refractivity contribution in [2.75, 3.05) is 19.7 Å². The first-order valence-corrected chi connectivity index (χ1v) is 11.3. The molecule has 2 aromatic carbocycles. The fraction of sp³-hybridized carbons (Fsp3) is 0.400. The molecular weight excluding hydrogens is 465 g/mol. The average Bonchev–Trinajstić information content (AvgIpc) is 3.38. The summed E-state index contributed by atoms with van der Waals surface area (Å²) in [6.07, 6.45) is -4.36. The van der Waals surface area contributed by atoms with Crippen LogP contribution in [-0.4, -0.2) is 59.9 Å². The summed E-state index contributed by atoms with van der Waals surface area (Å²) in [5.74, 6) is -3.59. The molecule has 2 unspecified atom stereocenters. The normalized spacial score (nSPS) is 19.1. The number of nitrogens with one attached hydrogen (secondary N) is 1. The lowest BCUT2D eigenvalue weighted by Crippen LogP contribution is -2.49. The van der Waals surface area contributed by atoms with Crippen LogP contribution in [0.3, 0.4) is 0 Å². The number of ether oxygens (including phenoxy) is 1. The molecule has 186 valence electrons. The molecule has 1 saturated carbocycles. The lowest BCUT2D eigenvalue weighted by Gasteiger charge is -2.28. The maximum Gasteiger partial charge on any atom is 0.407 e. The van der Waals surface area contributed by atoms with Crippen molar-refractivity contribution in [3.63, 3.8) is 0 Å². The molecule has 35 heavy (non-hydrogen) atoms. The molecule has 0 spiro atoms. The van der Waals surface area contributed by atoms with E-state index >= 15 is 0 Å². The molecular formula is C25H25F3N2O5. The number of hydrogen-bond donors (Lipinski definition) is 2. The van der Waals surface area contributed by atoms with Crippen LogP contribution in [0.25, 0.3) is 11.1 Å². The van der Waals surface area contributed by atoms with E-state index in [0.717, 1.165) is 22.3 Å². The van der Waals surface area contributed by atoms with Crippen LogP contribution in [0.2, 0.25) is 0 Å². The molecule has 2 aromatic rings. The van der Waals surface area contributed by atoms with Gasteiger partial charge >= 0.3 is 18.2 Å². The molecule has 0 aliphatic heterocycles. The summed E-state index contributed by atoms with van der Waals surface area (Å²) in [6, 6.07) is 14.9. The Hall–Kier alpha value is -3.56. The van der Waals surface area contributed by atoms with Crippen LogP contribution >= 0.6 is 0 Å². The number of hydrogen-bond acceptors (Lipinski definition) is 4. The van der Waals surface area contributed by atoms with E-state index in [9.17, 15) is 27.6 Å². The van der Waals surface area contributed by atoms with Crippen molar-refractivity contribution >= 4 is 18.0 Å².